The van der Waals surface area contributed by atoms with Gasteiger partial charge in [0.05, 0.1) is 0 Å². The van der Waals surface area contributed by atoms with Crippen molar-refractivity contribution in [2.75, 3.05) is 20.1 Å². The average molecular weight is 392 g/mol. The van der Waals surface area contributed by atoms with Crippen LogP contribution < -0.4 is 10.9 Å². The highest BCUT2D eigenvalue weighted by molar-refractivity contribution is 5.93. The van der Waals surface area contributed by atoms with Crippen LogP contribution >= 0.6 is 0 Å². The van der Waals surface area contributed by atoms with E-state index < -0.39 is 0 Å². The molecule has 2 aliphatic rings. The van der Waals surface area contributed by atoms with Gasteiger partial charge in [-0.2, -0.15) is 0 Å². The largest absolute Gasteiger partial charge is 0.361 e. The highest BCUT2D eigenvalue weighted by Crippen LogP contribution is 2.44. The Bertz CT molecular complexity index is 1040. The van der Waals surface area contributed by atoms with E-state index in [2.05, 4.69) is 52.2 Å². The lowest BCUT2D eigenvalue weighted by Gasteiger charge is -2.45. The van der Waals surface area contributed by atoms with E-state index in [9.17, 15) is 9.18 Å². The van der Waals surface area contributed by atoms with Gasteiger partial charge >= 0.3 is 0 Å². The van der Waals surface area contributed by atoms with Crippen LogP contribution in [0.4, 0.5) is 4.39 Å². The highest BCUT2D eigenvalue weighted by atomic mass is 19.1. The Morgan fingerprint density at radius 2 is 2.07 bits per heavy atom. The minimum absolute atomic E-state index is 0.244. The molecule has 3 N–H and O–H groups in total. The predicted molar refractivity (Wildman–Crippen MR) is 111 cm³/mol. The lowest BCUT2D eigenvalue weighted by molar-refractivity contribution is 0.0899. The molecule has 0 radical (unpaired) electrons. The minimum atomic E-state index is -0.345. The van der Waals surface area contributed by atoms with E-state index in [-0.39, 0.29) is 11.7 Å². The number of benzene rings is 2. The third-order valence-corrected chi connectivity index (χ3v) is 6.51. The summed E-state index contributed by atoms with van der Waals surface area (Å²) < 4.78 is 13.0. The number of carbonyl (C=O) groups is 1. The molecule has 5 rings (SSSR count). The number of piperidine rings is 1. The summed E-state index contributed by atoms with van der Waals surface area (Å²) in [7, 11) is 2.21. The number of halogens is 1. The maximum atomic E-state index is 13.0. The van der Waals surface area contributed by atoms with E-state index >= 15 is 0 Å². The maximum absolute atomic E-state index is 13.0. The van der Waals surface area contributed by atoms with E-state index in [1.54, 1.807) is 0 Å². The summed E-state index contributed by atoms with van der Waals surface area (Å²) in [6, 6.07) is 12.7. The van der Waals surface area contributed by atoms with Crippen LogP contribution in [0.1, 0.15) is 33.8 Å². The van der Waals surface area contributed by atoms with Crippen LogP contribution in [0.25, 0.3) is 10.9 Å². The van der Waals surface area contributed by atoms with Crippen molar-refractivity contribution in [1.82, 2.24) is 20.7 Å². The van der Waals surface area contributed by atoms with Crippen molar-refractivity contribution in [2.45, 2.75) is 24.8 Å². The first kappa shape index (κ1) is 18.3. The lowest BCUT2D eigenvalue weighted by atomic mass is 9.72. The van der Waals surface area contributed by atoms with E-state index in [0.29, 0.717) is 30.0 Å². The van der Waals surface area contributed by atoms with Gasteiger partial charge in [0.25, 0.3) is 5.91 Å². The van der Waals surface area contributed by atoms with Crippen molar-refractivity contribution in [3.05, 3.63) is 71.2 Å². The molecule has 1 aromatic heterocycles. The first-order valence-corrected chi connectivity index (χ1v) is 10.2. The van der Waals surface area contributed by atoms with Gasteiger partial charge in [-0.15, -0.1) is 0 Å². The van der Waals surface area contributed by atoms with Gasteiger partial charge in [-0.1, -0.05) is 12.1 Å². The first-order chi connectivity index (χ1) is 14.1. The number of aromatic amines is 1. The summed E-state index contributed by atoms with van der Waals surface area (Å²) in [5.41, 5.74) is 10.4. The molecule has 1 aliphatic carbocycles. The van der Waals surface area contributed by atoms with E-state index in [1.807, 2.05) is 0 Å². The third-order valence-electron chi connectivity index (χ3n) is 6.51. The fourth-order valence-corrected chi connectivity index (χ4v) is 5.15. The molecule has 1 fully saturated rings. The van der Waals surface area contributed by atoms with Gasteiger partial charge < -0.3 is 9.88 Å². The van der Waals surface area contributed by atoms with Crippen LogP contribution in [0, 0.1) is 11.7 Å². The first-order valence-electron chi connectivity index (χ1n) is 10.2. The molecule has 150 valence electrons. The maximum Gasteiger partial charge on any atom is 0.265 e. The summed E-state index contributed by atoms with van der Waals surface area (Å²) in [5, 5.41) is 1.40. The van der Waals surface area contributed by atoms with Crippen LogP contribution in [-0.4, -0.2) is 42.0 Å². The van der Waals surface area contributed by atoms with Gasteiger partial charge in [-0.05, 0) is 67.3 Å². The number of nitrogens with one attached hydrogen (secondary N) is 3. The standard InChI is InChI=1S/C23H25FN4O/c1-28-13-14(11-26-27-23(29)15-5-7-17(24)8-6-15)9-19-18-3-2-4-20-22(18)16(12-25-20)10-21(19)28/h2-8,12,14,19,21,25-26H,9-11,13H2,1H3,(H,27,29)/t14-,19?,21+/m0/s1. The van der Waals surface area contributed by atoms with Crippen molar-refractivity contribution >= 4 is 16.8 Å². The number of aromatic nitrogens is 1. The Morgan fingerprint density at radius 1 is 1.24 bits per heavy atom. The molecule has 6 heteroatoms. The topological polar surface area (TPSA) is 60.2 Å². The molecule has 2 aromatic carbocycles. The quantitative estimate of drug-likeness (QED) is 0.598. The Balaban J connectivity index is 1.26. The second kappa shape index (κ2) is 7.28. The number of hydrazine groups is 1. The summed E-state index contributed by atoms with van der Waals surface area (Å²) >= 11 is 0. The smallest absolute Gasteiger partial charge is 0.265 e. The lowest BCUT2D eigenvalue weighted by Crippen LogP contribution is -2.51. The molecule has 0 spiro atoms. The monoisotopic (exact) mass is 392 g/mol. The van der Waals surface area contributed by atoms with Crippen molar-refractivity contribution in [3.63, 3.8) is 0 Å². The Labute approximate surface area is 169 Å². The summed E-state index contributed by atoms with van der Waals surface area (Å²) in [5.74, 6) is 0.347. The Morgan fingerprint density at radius 3 is 2.90 bits per heavy atom. The predicted octanol–water partition coefficient (Wildman–Crippen LogP) is 3.20. The summed E-state index contributed by atoms with van der Waals surface area (Å²) in [6.45, 7) is 1.70. The van der Waals surface area contributed by atoms with Gasteiger partial charge in [0.15, 0.2) is 0 Å². The molecule has 5 nitrogen and oxygen atoms in total. The van der Waals surface area contributed by atoms with E-state index in [4.69, 9.17) is 0 Å². The molecule has 1 unspecified atom stereocenters. The van der Waals surface area contributed by atoms with Crippen LogP contribution in [-0.2, 0) is 6.42 Å². The number of hydrogen-bond donors (Lipinski definition) is 3. The van der Waals surface area contributed by atoms with Gasteiger partial charge in [-0.3, -0.25) is 10.2 Å². The fraction of sp³-hybridized carbons (Fsp3) is 0.348. The number of hydrogen-bond acceptors (Lipinski definition) is 3. The second-order valence-electron chi connectivity index (χ2n) is 8.34. The number of amides is 1. The second-order valence-corrected chi connectivity index (χ2v) is 8.34. The zero-order chi connectivity index (χ0) is 20.0. The molecular formula is C23H25FN4O. The number of likely N-dealkylation sites (tertiary alicyclic amines) is 1. The van der Waals surface area contributed by atoms with E-state index in [1.165, 1.54) is 46.3 Å². The molecule has 1 aliphatic heterocycles. The zero-order valence-electron chi connectivity index (χ0n) is 16.4. The van der Waals surface area contributed by atoms with Gasteiger partial charge in [0, 0.05) is 47.7 Å². The average Bonchev–Trinajstić information content (AvgIpc) is 3.14. The number of carbonyl (C=O) groups excluding carboxylic acids is 1. The van der Waals surface area contributed by atoms with Crippen LogP contribution in [0.5, 0.6) is 0 Å². The van der Waals surface area contributed by atoms with Gasteiger partial charge in [-0.25, -0.2) is 9.82 Å². The molecule has 2 heterocycles. The fourth-order valence-electron chi connectivity index (χ4n) is 5.15. The zero-order valence-corrected chi connectivity index (χ0v) is 16.4. The molecule has 29 heavy (non-hydrogen) atoms. The number of nitrogens with zero attached hydrogens (tertiary/aromatic N) is 1. The summed E-state index contributed by atoms with van der Waals surface area (Å²) in [6.07, 6.45) is 4.34. The molecular weight excluding hydrogens is 367 g/mol. The highest BCUT2D eigenvalue weighted by Gasteiger charge is 2.39. The molecule has 1 amide bonds. The van der Waals surface area contributed by atoms with Gasteiger partial charge in [0.1, 0.15) is 5.82 Å². The molecule has 0 bridgehead atoms. The third kappa shape index (κ3) is 3.32. The SMILES string of the molecule is CN1C[C@H](CNNC(=O)c2ccc(F)cc2)CC2c3cccc4[nH]cc(c34)C[C@H]21. The molecule has 3 aromatic rings. The normalized spacial score (nSPS) is 23.7. The van der Waals surface area contributed by atoms with Crippen molar-refractivity contribution in [3.8, 4) is 0 Å². The molecule has 1 saturated heterocycles. The minimum Gasteiger partial charge on any atom is -0.361 e. The van der Waals surface area contributed by atoms with Crippen molar-refractivity contribution in [2.24, 2.45) is 5.92 Å². The Kier molecular flexibility index (Phi) is 4.60. The van der Waals surface area contributed by atoms with Gasteiger partial charge in [0.2, 0.25) is 0 Å². The van der Waals surface area contributed by atoms with Crippen molar-refractivity contribution in [1.29, 1.82) is 0 Å². The number of H-pyrrole nitrogens is 1. The van der Waals surface area contributed by atoms with E-state index in [0.717, 1.165) is 19.4 Å². The summed E-state index contributed by atoms with van der Waals surface area (Å²) in [4.78, 5) is 18.1. The van der Waals surface area contributed by atoms with Crippen LogP contribution in [0.3, 0.4) is 0 Å². The van der Waals surface area contributed by atoms with Crippen molar-refractivity contribution < 1.29 is 9.18 Å². The number of rotatable bonds is 4. The molecule has 3 atom stereocenters. The Hall–Kier alpha value is -2.70. The number of fused-ring (bicyclic) bond motifs is 2. The number of likely N-dealkylation sites (N-methyl/N-ethyl adjacent to an activating group) is 1. The van der Waals surface area contributed by atoms with Crippen LogP contribution in [0.15, 0.2) is 48.7 Å². The molecule has 0 saturated carbocycles. The van der Waals surface area contributed by atoms with Crippen LogP contribution in [0.2, 0.25) is 0 Å².